The number of allylic oxidation sites excluding steroid dienone is 1. The van der Waals surface area contributed by atoms with Crippen LogP contribution in [0.3, 0.4) is 0 Å². The molecular formula is C18H18F6N4O3S. The second kappa shape index (κ2) is 8.37. The van der Waals surface area contributed by atoms with E-state index in [9.17, 15) is 39.6 Å². The van der Waals surface area contributed by atoms with Crippen molar-refractivity contribution < 1.29 is 39.6 Å². The fraction of sp³-hybridized carbons (Fsp3) is 0.500. The zero-order chi connectivity index (χ0) is 23.9. The molecule has 0 aromatic carbocycles. The van der Waals surface area contributed by atoms with E-state index in [4.69, 9.17) is 0 Å². The first-order chi connectivity index (χ1) is 14.7. The quantitative estimate of drug-likeness (QED) is 0.659. The van der Waals surface area contributed by atoms with Crippen LogP contribution in [0.2, 0.25) is 0 Å². The molecule has 1 saturated carbocycles. The van der Waals surface area contributed by atoms with Crippen LogP contribution < -0.4 is 5.32 Å². The van der Waals surface area contributed by atoms with Crippen LogP contribution in [-0.4, -0.2) is 42.5 Å². The lowest BCUT2D eigenvalue weighted by molar-refractivity contribution is -0.182. The van der Waals surface area contributed by atoms with E-state index in [1.165, 1.54) is 0 Å². The number of pyridine rings is 1. The molecule has 176 valence electrons. The van der Waals surface area contributed by atoms with Crippen molar-refractivity contribution in [3.8, 4) is 0 Å². The van der Waals surface area contributed by atoms with E-state index in [-0.39, 0.29) is 31.4 Å². The summed E-state index contributed by atoms with van der Waals surface area (Å²) >= 11 is 0. The zero-order valence-corrected chi connectivity index (χ0v) is 17.4. The minimum atomic E-state index is -4.75. The van der Waals surface area contributed by atoms with Crippen LogP contribution in [0.15, 0.2) is 34.4 Å². The minimum Gasteiger partial charge on any atom is -0.305 e. The highest BCUT2D eigenvalue weighted by Crippen LogP contribution is 2.40. The summed E-state index contributed by atoms with van der Waals surface area (Å²) in [7, 11) is -3.32. The van der Waals surface area contributed by atoms with Gasteiger partial charge in [0.15, 0.2) is 0 Å². The van der Waals surface area contributed by atoms with Crippen LogP contribution >= 0.6 is 0 Å². The summed E-state index contributed by atoms with van der Waals surface area (Å²) in [5, 5.41) is 2.11. The summed E-state index contributed by atoms with van der Waals surface area (Å²) in [4.78, 5) is 15.9. The predicted molar refractivity (Wildman–Crippen MR) is 102 cm³/mol. The zero-order valence-electron chi connectivity index (χ0n) is 16.5. The fourth-order valence-corrected chi connectivity index (χ4v) is 4.51. The molecule has 32 heavy (non-hydrogen) atoms. The van der Waals surface area contributed by atoms with E-state index in [2.05, 4.69) is 14.7 Å². The summed E-state index contributed by atoms with van der Waals surface area (Å²) in [5.74, 6) is -3.60. The first kappa shape index (κ1) is 24.0. The van der Waals surface area contributed by atoms with Crippen molar-refractivity contribution in [1.82, 2.24) is 9.29 Å². The Labute approximate surface area is 179 Å². The standard InChI is InChI=1S/C18H18F6N4O3S/c1-28-13(16(29)26-15-4-2-3-14(25-15)18(22,23)24)9-12(27-32(28,30)31)10-5-7-11(8-6-10)17(19,20)21/h2-4,9-11H,5-8H2,1H3,(H,25,26,29). The number of rotatable bonds is 3. The van der Waals surface area contributed by atoms with Crippen molar-refractivity contribution in [1.29, 1.82) is 0 Å². The average molecular weight is 484 g/mol. The molecule has 1 N–H and O–H groups in total. The number of nitrogens with zero attached hydrogens (tertiary/aromatic N) is 3. The van der Waals surface area contributed by atoms with Gasteiger partial charge in [-0.3, -0.25) is 4.79 Å². The third-order valence-corrected chi connectivity index (χ3v) is 6.64. The number of likely N-dealkylation sites (N-methyl/N-ethyl adjacent to an activating group) is 1. The second-order valence-corrected chi connectivity index (χ2v) is 9.07. The molecule has 0 spiro atoms. The maximum Gasteiger partial charge on any atom is 0.433 e. The van der Waals surface area contributed by atoms with E-state index in [1.807, 2.05) is 0 Å². The van der Waals surface area contributed by atoms with Gasteiger partial charge in [-0.25, -0.2) is 9.29 Å². The van der Waals surface area contributed by atoms with Gasteiger partial charge in [-0.2, -0.15) is 34.8 Å². The van der Waals surface area contributed by atoms with Gasteiger partial charge in [-0.05, 0) is 43.9 Å². The maximum absolute atomic E-state index is 12.9. The second-order valence-electron chi connectivity index (χ2n) is 7.44. The fourth-order valence-electron chi connectivity index (χ4n) is 3.54. The molecule has 0 saturated heterocycles. The molecule has 0 radical (unpaired) electrons. The average Bonchev–Trinajstić information content (AvgIpc) is 2.69. The molecule has 0 unspecified atom stereocenters. The number of anilines is 1. The van der Waals surface area contributed by atoms with E-state index < -0.39 is 57.5 Å². The largest absolute Gasteiger partial charge is 0.433 e. The first-order valence-corrected chi connectivity index (χ1v) is 10.8. The number of amides is 1. The van der Waals surface area contributed by atoms with Gasteiger partial charge in [0.1, 0.15) is 17.2 Å². The molecule has 1 aromatic rings. The third-order valence-electron chi connectivity index (χ3n) is 5.31. The van der Waals surface area contributed by atoms with Crippen molar-refractivity contribution in [2.24, 2.45) is 16.2 Å². The van der Waals surface area contributed by atoms with Gasteiger partial charge in [0.25, 0.3) is 5.91 Å². The highest BCUT2D eigenvalue weighted by Gasteiger charge is 2.43. The van der Waals surface area contributed by atoms with Gasteiger partial charge in [-0.1, -0.05) is 6.07 Å². The number of carbonyl (C=O) groups is 1. The Bertz CT molecular complexity index is 1060. The molecular weight excluding hydrogens is 466 g/mol. The van der Waals surface area contributed by atoms with E-state index in [0.717, 1.165) is 25.3 Å². The van der Waals surface area contributed by atoms with Gasteiger partial charge in [0.05, 0.1) is 11.6 Å². The normalized spacial score (nSPS) is 23.9. The Kier molecular flexibility index (Phi) is 6.28. The summed E-state index contributed by atoms with van der Waals surface area (Å²) in [6.45, 7) is 0. The highest BCUT2D eigenvalue weighted by molar-refractivity contribution is 7.88. The molecule has 1 aliphatic heterocycles. The number of hydrogen-bond acceptors (Lipinski definition) is 4. The van der Waals surface area contributed by atoms with Crippen LogP contribution in [-0.2, 0) is 21.2 Å². The van der Waals surface area contributed by atoms with Crippen molar-refractivity contribution in [2.75, 3.05) is 12.4 Å². The molecule has 0 atom stereocenters. The molecule has 14 heteroatoms. The molecule has 3 rings (SSSR count). The van der Waals surface area contributed by atoms with Crippen LogP contribution in [0, 0.1) is 11.8 Å². The smallest absolute Gasteiger partial charge is 0.305 e. The predicted octanol–water partition coefficient (Wildman–Crippen LogP) is 3.92. The molecule has 1 fully saturated rings. The highest BCUT2D eigenvalue weighted by atomic mass is 32.2. The maximum atomic E-state index is 12.9. The SMILES string of the molecule is CN1C(C(=O)Nc2cccc(C(F)(F)F)n2)=CC(C2CCC(C(F)(F)F)CC2)=NS1(=O)=O. The van der Waals surface area contributed by atoms with Crippen molar-refractivity contribution >= 4 is 27.6 Å². The monoisotopic (exact) mass is 484 g/mol. The van der Waals surface area contributed by atoms with E-state index in [1.54, 1.807) is 0 Å². The van der Waals surface area contributed by atoms with Crippen LogP contribution in [0.4, 0.5) is 32.2 Å². The van der Waals surface area contributed by atoms with Gasteiger partial charge in [0, 0.05) is 13.0 Å². The topological polar surface area (TPSA) is 91.7 Å². The Morgan fingerprint density at radius 1 is 1.09 bits per heavy atom. The molecule has 2 aliphatic rings. The number of hydrogen-bond donors (Lipinski definition) is 1. The van der Waals surface area contributed by atoms with Gasteiger partial charge in [-0.15, -0.1) is 4.40 Å². The number of carbonyl (C=O) groups excluding carboxylic acids is 1. The summed E-state index contributed by atoms with van der Waals surface area (Å²) < 4.78 is 106. The molecule has 1 aliphatic carbocycles. The third kappa shape index (κ3) is 5.22. The summed E-state index contributed by atoms with van der Waals surface area (Å²) in [6.07, 6.45) is -8.31. The lowest BCUT2D eigenvalue weighted by Gasteiger charge is -2.32. The molecule has 1 amide bonds. The minimum absolute atomic E-state index is 0.0306. The van der Waals surface area contributed by atoms with E-state index >= 15 is 0 Å². The van der Waals surface area contributed by atoms with Crippen LogP contribution in [0.25, 0.3) is 0 Å². The Morgan fingerprint density at radius 3 is 2.28 bits per heavy atom. The molecule has 1 aromatic heterocycles. The van der Waals surface area contributed by atoms with Gasteiger partial charge < -0.3 is 5.32 Å². The Morgan fingerprint density at radius 2 is 1.72 bits per heavy atom. The number of alkyl halides is 6. The van der Waals surface area contributed by atoms with E-state index in [0.29, 0.717) is 10.4 Å². The van der Waals surface area contributed by atoms with Crippen molar-refractivity contribution in [3.63, 3.8) is 0 Å². The lowest BCUT2D eigenvalue weighted by Crippen LogP contribution is -2.38. The number of aromatic nitrogens is 1. The van der Waals surface area contributed by atoms with Gasteiger partial charge in [0.2, 0.25) is 0 Å². The van der Waals surface area contributed by atoms with Crippen molar-refractivity contribution in [2.45, 2.75) is 38.0 Å². The Balaban J connectivity index is 1.82. The Hall–Kier alpha value is -2.64. The molecule has 2 heterocycles. The number of halogens is 6. The lowest BCUT2D eigenvalue weighted by atomic mass is 9.79. The van der Waals surface area contributed by atoms with Crippen LogP contribution in [0.5, 0.6) is 0 Å². The summed E-state index contributed by atoms with van der Waals surface area (Å²) in [6, 6.07) is 2.82. The number of nitrogens with one attached hydrogen (secondary N) is 1. The summed E-state index contributed by atoms with van der Waals surface area (Å²) in [5.41, 5.74) is -1.75. The molecule has 0 bridgehead atoms. The van der Waals surface area contributed by atoms with Crippen LogP contribution in [0.1, 0.15) is 31.4 Å². The van der Waals surface area contributed by atoms with Gasteiger partial charge >= 0.3 is 22.6 Å². The van der Waals surface area contributed by atoms with Crippen molar-refractivity contribution in [3.05, 3.63) is 35.7 Å². The first-order valence-electron chi connectivity index (χ1n) is 9.41. The molecule has 7 nitrogen and oxygen atoms in total.